The molecule has 1 fully saturated rings. The number of rotatable bonds is 4. The van der Waals surface area contributed by atoms with E-state index in [0.717, 1.165) is 17.9 Å². The second-order valence-electron chi connectivity index (χ2n) is 4.72. The fraction of sp³-hybridized carbons (Fsp3) is 0.500. The summed E-state index contributed by atoms with van der Waals surface area (Å²) in [4.78, 5) is 11.8. The van der Waals surface area contributed by atoms with Crippen molar-refractivity contribution >= 4 is 29.0 Å². The van der Waals surface area contributed by atoms with Crippen molar-refractivity contribution in [1.29, 1.82) is 0 Å². The molecule has 0 spiro atoms. The third-order valence-corrected chi connectivity index (χ3v) is 4.39. The van der Waals surface area contributed by atoms with Crippen molar-refractivity contribution in [1.82, 2.24) is 5.32 Å². The molecule has 1 aromatic carbocycles. The smallest absolute Gasteiger partial charge is 0.251 e. The predicted molar refractivity (Wildman–Crippen MR) is 82.8 cm³/mol. The molecule has 104 valence electrons. The van der Waals surface area contributed by atoms with Gasteiger partial charge in [0, 0.05) is 23.9 Å². The molecule has 2 rings (SSSR count). The molecular weight excluding hydrogens is 258 g/mol. The molecule has 1 atom stereocenters. The lowest BCUT2D eigenvalue weighted by Crippen LogP contribution is -2.27. The van der Waals surface area contributed by atoms with Crippen LogP contribution in [0.2, 0.25) is 0 Å². The Kier molecular flexibility index (Phi) is 4.96. The fourth-order valence-corrected chi connectivity index (χ4v) is 3.23. The number of carbonyl (C=O) groups excluding carboxylic acids is 1. The van der Waals surface area contributed by atoms with Crippen LogP contribution in [-0.4, -0.2) is 30.0 Å². The summed E-state index contributed by atoms with van der Waals surface area (Å²) in [5.41, 5.74) is 8.20. The lowest BCUT2D eigenvalue weighted by atomic mass is 10.1. The first-order chi connectivity index (χ1) is 9.20. The minimum atomic E-state index is -0.0523. The van der Waals surface area contributed by atoms with Crippen LogP contribution in [0.5, 0.6) is 0 Å². The number of nitrogens with two attached hydrogens (primary N) is 1. The Hall–Kier alpha value is -1.36. The number of amides is 1. The van der Waals surface area contributed by atoms with Crippen LogP contribution in [0.15, 0.2) is 18.2 Å². The van der Waals surface area contributed by atoms with E-state index in [9.17, 15) is 4.79 Å². The Bertz CT molecular complexity index is 444. The Morgan fingerprint density at radius 2 is 2.37 bits per heavy atom. The van der Waals surface area contributed by atoms with E-state index in [1.54, 1.807) is 12.1 Å². The zero-order chi connectivity index (χ0) is 13.7. The van der Waals surface area contributed by atoms with Gasteiger partial charge in [-0.2, -0.15) is 11.8 Å². The van der Waals surface area contributed by atoms with Gasteiger partial charge in [-0.3, -0.25) is 4.79 Å². The maximum absolute atomic E-state index is 11.8. The number of carbonyl (C=O) groups is 1. The van der Waals surface area contributed by atoms with Crippen LogP contribution in [0, 0.1) is 0 Å². The van der Waals surface area contributed by atoms with E-state index in [0.29, 0.717) is 23.8 Å². The molecule has 4 N–H and O–H groups in total. The third-order valence-electron chi connectivity index (χ3n) is 3.17. The largest absolute Gasteiger partial charge is 0.397 e. The summed E-state index contributed by atoms with van der Waals surface area (Å²) in [5.74, 6) is 2.29. The zero-order valence-corrected chi connectivity index (χ0v) is 12.1. The number of anilines is 2. The van der Waals surface area contributed by atoms with Crippen molar-refractivity contribution in [2.24, 2.45) is 0 Å². The minimum Gasteiger partial charge on any atom is -0.397 e. The molecule has 0 aromatic heterocycles. The van der Waals surface area contributed by atoms with Crippen LogP contribution in [0.25, 0.3) is 0 Å². The van der Waals surface area contributed by atoms with E-state index in [-0.39, 0.29) is 5.91 Å². The van der Waals surface area contributed by atoms with Gasteiger partial charge in [0.1, 0.15) is 0 Å². The minimum absolute atomic E-state index is 0.0523. The first-order valence-corrected chi connectivity index (χ1v) is 7.88. The van der Waals surface area contributed by atoms with Crippen LogP contribution >= 0.6 is 11.8 Å². The van der Waals surface area contributed by atoms with E-state index in [2.05, 4.69) is 10.6 Å². The van der Waals surface area contributed by atoms with Gasteiger partial charge in [0.05, 0.1) is 11.4 Å². The Morgan fingerprint density at radius 1 is 1.53 bits per heavy atom. The number of hydrogen-bond acceptors (Lipinski definition) is 4. The van der Waals surface area contributed by atoms with Crippen molar-refractivity contribution in [2.45, 2.75) is 25.8 Å². The van der Waals surface area contributed by atoms with Crippen molar-refractivity contribution in [3.63, 3.8) is 0 Å². The summed E-state index contributed by atoms with van der Waals surface area (Å²) in [6.07, 6.45) is 2.40. The standard InChI is InChI=1S/C14H21N3OS/c1-2-16-14(18)10-5-6-12(15)13(8-10)17-11-4-3-7-19-9-11/h5-6,8,11,17H,2-4,7,9,15H2,1H3,(H,16,18). The number of nitrogens with one attached hydrogen (secondary N) is 2. The van der Waals surface area contributed by atoms with Crippen LogP contribution in [0.1, 0.15) is 30.1 Å². The molecule has 4 nitrogen and oxygen atoms in total. The molecule has 1 amide bonds. The molecule has 0 aliphatic carbocycles. The van der Waals surface area contributed by atoms with Crippen molar-refractivity contribution < 1.29 is 4.79 Å². The SMILES string of the molecule is CCNC(=O)c1ccc(N)c(NC2CCCSC2)c1. The maximum atomic E-state index is 11.8. The highest BCUT2D eigenvalue weighted by Crippen LogP contribution is 2.25. The van der Waals surface area contributed by atoms with Crippen molar-refractivity contribution in [3.8, 4) is 0 Å². The van der Waals surface area contributed by atoms with E-state index in [4.69, 9.17) is 5.73 Å². The molecule has 1 aliphatic rings. The van der Waals surface area contributed by atoms with Gasteiger partial charge in [0.25, 0.3) is 5.91 Å². The van der Waals surface area contributed by atoms with Gasteiger partial charge in [-0.25, -0.2) is 0 Å². The van der Waals surface area contributed by atoms with Crippen molar-refractivity contribution in [3.05, 3.63) is 23.8 Å². The summed E-state index contributed by atoms with van der Waals surface area (Å²) < 4.78 is 0. The number of hydrogen-bond donors (Lipinski definition) is 3. The Morgan fingerprint density at radius 3 is 3.05 bits per heavy atom. The van der Waals surface area contributed by atoms with E-state index >= 15 is 0 Å². The second kappa shape index (κ2) is 6.70. The van der Waals surface area contributed by atoms with Gasteiger partial charge in [-0.15, -0.1) is 0 Å². The first kappa shape index (κ1) is 14.1. The quantitative estimate of drug-likeness (QED) is 0.740. The normalized spacial score (nSPS) is 18.9. The number of nitrogen functional groups attached to an aromatic ring is 1. The van der Waals surface area contributed by atoms with Crippen molar-refractivity contribution in [2.75, 3.05) is 29.1 Å². The average molecular weight is 279 g/mol. The highest BCUT2D eigenvalue weighted by Gasteiger charge is 2.15. The third kappa shape index (κ3) is 3.80. The molecule has 5 heteroatoms. The molecule has 1 aliphatic heterocycles. The summed E-state index contributed by atoms with van der Waals surface area (Å²) in [6, 6.07) is 5.86. The van der Waals surface area contributed by atoms with Gasteiger partial charge in [0.15, 0.2) is 0 Å². The van der Waals surface area contributed by atoms with Crippen LogP contribution in [0.3, 0.4) is 0 Å². The highest BCUT2D eigenvalue weighted by molar-refractivity contribution is 7.99. The van der Waals surface area contributed by atoms with Crippen LogP contribution < -0.4 is 16.4 Å². The summed E-state index contributed by atoms with van der Waals surface area (Å²) in [5, 5.41) is 6.26. The lowest BCUT2D eigenvalue weighted by molar-refractivity contribution is 0.0956. The average Bonchev–Trinajstić information content (AvgIpc) is 2.42. The van der Waals surface area contributed by atoms with E-state index in [1.165, 1.54) is 12.2 Å². The number of benzene rings is 1. The molecule has 0 saturated carbocycles. The molecule has 1 saturated heterocycles. The lowest BCUT2D eigenvalue weighted by Gasteiger charge is -2.24. The first-order valence-electron chi connectivity index (χ1n) is 6.72. The van der Waals surface area contributed by atoms with Gasteiger partial charge in [-0.1, -0.05) is 0 Å². The molecule has 0 radical (unpaired) electrons. The van der Waals surface area contributed by atoms with Gasteiger partial charge in [-0.05, 0) is 43.7 Å². The highest BCUT2D eigenvalue weighted by atomic mass is 32.2. The van der Waals surface area contributed by atoms with E-state index < -0.39 is 0 Å². The topological polar surface area (TPSA) is 67.2 Å². The maximum Gasteiger partial charge on any atom is 0.251 e. The monoisotopic (exact) mass is 279 g/mol. The van der Waals surface area contributed by atoms with Crippen LogP contribution in [0.4, 0.5) is 11.4 Å². The van der Waals surface area contributed by atoms with Gasteiger partial charge >= 0.3 is 0 Å². The van der Waals surface area contributed by atoms with E-state index in [1.807, 2.05) is 24.8 Å². The Labute approximate surface area is 118 Å². The summed E-state index contributed by atoms with van der Waals surface area (Å²) in [7, 11) is 0. The predicted octanol–water partition coefficient (Wildman–Crippen LogP) is 2.33. The molecule has 1 unspecified atom stereocenters. The van der Waals surface area contributed by atoms with Gasteiger partial charge in [0.2, 0.25) is 0 Å². The van der Waals surface area contributed by atoms with Gasteiger partial charge < -0.3 is 16.4 Å². The zero-order valence-electron chi connectivity index (χ0n) is 11.2. The summed E-state index contributed by atoms with van der Waals surface area (Å²) in [6.45, 7) is 2.54. The summed E-state index contributed by atoms with van der Waals surface area (Å²) >= 11 is 1.96. The molecule has 19 heavy (non-hydrogen) atoms. The Balaban J connectivity index is 2.10. The molecule has 0 bridgehead atoms. The molecule has 1 heterocycles. The fourth-order valence-electron chi connectivity index (χ4n) is 2.16. The number of thioether (sulfide) groups is 1. The molecule has 1 aromatic rings. The molecular formula is C14H21N3OS. The van der Waals surface area contributed by atoms with Crippen LogP contribution in [-0.2, 0) is 0 Å². The second-order valence-corrected chi connectivity index (χ2v) is 5.87.